The third-order valence-electron chi connectivity index (χ3n) is 5.47. The Morgan fingerprint density at radius 3 is 2.07 bits per heavy atom. The molecule has 1 fully saturated rings. The maximum atomic E-state index is 12.3. The van der Waals surface area contributed by atoms with E-state index in [1.807, 2.05) is 41.3 Å². The summed E-state index contributed by atoms with van der Waals surface area (Å²) in [6.07, 6.45) is -6.68. The van der Waals surface area contributed by atoms with E-state index >= 15 is 0 Å². The Labute approximate surface area is 239 Å². The number of carboxylic acids is 2. The van der Waals surface area contributed by atoms with Crippen molar-refractivity contribution in [3.8, 4) is 5.75 Å². The largest absolute Gasteiger partial charge is 0.492 e. The maximum Gasteiger partial charge on any atom is 0.490 e. The molecule has 1 aliphatic heterocycles. The van der Waals surface area contributed by atoms with Gasteiger partial charge in [-0.15, -0.1) is 0 Å². The van der Waals surface area contributed by atoms with Crippen molar-refractivity contribution in [3.05, 3.63) is 60.3 Å². The number of ether oxygens (including phenoxy) is 1. The number of hydrogen-bond donors (Lipinski definition) is 5. The van der Waals surface area contributed by atoms with Gasteiger partial charge in [0, 0.05) is 35.8 Å². The number of aliphatic carboxylic acids is 2. The average molecular weight is 618 g/mol. The number of amidine groups is 1. The number of benzene rings is 2. The number of carboxylic acid groups (broad SMARTS) is 2. The lowest BCUT2D eigenvalue weighted by Crippen LogP contribution is -2.28. The molecule has 11 nitrogen and oxygen atoms in total. The van der Waals surface area contributed by atoms with Crippen molar-refractivity contribution in [2.75, 3.05) is 30.3 Å². The quantitative estimate of drug-likeness (QED) is 0.197. The Balaban J connectivity index is 0.000000384. The summed E-state index contributed by atoms with van der Waals surface area (Å²) in [6.45, 7) is 1.59. The zero-order valence-corrected chi connectivity index (χ0v) is 22.0. The third kappa shape index (κ3) is 10.7. The van der Waals surface area contributed by atoms with Gasteiger partial charge in [-0.3, -0.25) is 10.2 Å². The van der Waals surface area contributed by atoms with E-state index in [9.17, 15) is 31.1 Å². The molecule has 0 spiro atoms. The molecule has 232 valence electrons. The second-order valence-electron chi connectivity index (χ2n) is 8.54. The van der Waals surface area contributed by atoms with Crippen molar-refractivity contribution in [3.63, 3.8) is 0 Å². The highest BCUT2D eigenvalue weighted by Crippen LogP contribution is 2.24. The van der Waals surface area contributed by atoms with Crippen molar-refractivity contribution < 1.29 is 55.7 Å². The van der Waals surface area contributed by atoms with Crippen LogP contribution in [-0.2, 0) is 9.59 Å². The fourth-order valence-corrected chi connectivity index (χ4v) is 3.45. The first-order chi connectivity index (χ1) is 20.0. The zero-order valence-electron chi connectivity index (χ0n) is 22.0. The second-order valence-corrected chi connectivity index (χ2v) is 8.54. The molecule has 1 aliphatic rings. The molecule has 2 aromatic carbocycles. The molecule has 0 unspecified atom stereocenters. The van der Waals surface area contributed by atoms with Gasteiger partial charge >= 0.3 is 24.3 Å². The van der Waals surface area contributed by atoms with Crippen LogP contribution in [0.1, 0.15) is 23.2 Å². The summed E-state index contributed by atoms with van der Waals surface area (Å²) in [5.74, 6) is -3.88. The van der Waals surface area contributed by atoms with Crippen LogP contribution in [0, 0.1) is 5.41 Å². The Kier molecular flexibility index (Phi) is 11.7. The summed E-state index contributed by atoms with van der Waals surface area (Å²) in [4.78, 5) is 36.2. The number of alkyl halides is 6. The number of nitrogens with one attached hydrogen (secondary N) is 2. The van der Waals surface area contributed by atoms with Crippen LogP contribution in [0.25, 0.3) is 10.8 Å². The predicted octanol–water partition coefficient (Wildman–Crippen LogP) is 4.47. The fourth-order valence-electron chi connectivity index (χ4n) is 3.45. The van der Waals surface area contributed by atoms with Gasteiger partial charge in [0.05, 0.1) is 6.54 Å². The van der Waals surface area contributed by atoms with Gasteiger partial charge in [-0.2, -0.15) is 26.3 Å². The van der Waals surface area contributed by atoms with Crippen LogP contribution in [0.3, 0.4) is 0 Å². The van der Waals surface area contributed by atoms with Crippen LogP contribution in [0.4, 0.5) is 37.8 Å². The lowest BCUT2D eigenvalue weighted by atomic mass is 10.1. The summed E-state index contributed by atoms with van der Waals surface area (Å²) in [6, 6.07) is 14.9. The molecule has 43 heavy (non-hydrogen) atoms. The molecule has 0 aliphatic carbocycles. The molecule has 0 bridgehead atoms. The van der Waals surface area contributed by atoms with Crippen molar-refractivity contribution in [1.29, 1.82) is 5.41 Å². The number of halogens is 6. The Bertz CT molecular complexity index is 1420. The molecule has 1 amide bonds. The molecule has 0 atom stereocenters. The highest BCUT2D eigenvalue weighted by atomic mass is 19.4. The smallest absolute Gasteiger partial charge is 0.490 e. The van der Waals surface area contributed by atoms with E-state index in [1.54, 1.807) is 18.3 Å². The number of carbonyl (C=O) groups excluding carboxylic acids is 1. The molecule has 1 saturated heterocycles. The summed E-state index contributed by atoms with van der Waals surface area (Å²) in [7, 11) is 0. The zero-order chi connectivity index (χ0) is 32.4. The number of fused-ring (bicyclic) bond motifs is 1. The number of nitrogens with two attached hydrogens (primary N) is 1. The lowest BCUT2D eigenvalue weighted by Gasteiger charge is -2.18. The van der Waals surface area contributed by atoms with E-state index in [0.29, 0.717) is 36.1 Å². The molecule has 1 aromatic heterocycles. The minimum absolute atomic E-state index is 0.149. The fraction of sp³-hybridized carbons (Fsp3) is 0.269. The maximum absolute atomic E-state index is 12.3. The predicted molar refractivity (Wildman–Crippen MR) is 142 cm³/mol. The molecule has 4 rings (SSSR count). The van der Waals surface area contributed by atoms with Gasteiger partial charge in [0.15, 0.2) is 0 Å². The van der Waals surface area contributed by atoms with Gasteiger partial charge in [0.2, 0.25) is 0 Å². The third-order valence-corrected chi connectivity index (χ3v) is 5.47. The Hall–Kier alpha value is -5.09. The molecule has 2 heterocycles. The van der Waals surface area contributed by atoms with E-state index in [1.165, 1.54) is 0 Å². The van der Waals surface area contributed by atoms with Gasteiger partial charge in [0.25, 0.3) is 5.91 Å². The number of anilines is 2. The van der Waals surface area contributed by atoms with Gasteiger partial charge in [-0.25, -0.2) is 14.6 Å². The summed E-state index contributed by atoms with van der Waals surface area (Å²) in [5, 5.41) is 26.9. The van der Waals surface area contributed by atoms with E-state index in [-0.39, 0.29) is 5.91 Å². The number of nitrogens with zero attached hydrogens (tertiary/aromatic N) is 2. The highest BCUT2D eigenvalue weighted by molar-refractivity contribution is 5.99. The Morgan fingerprint density at radius 1 is 0.977 bits per heavy atom. The Morgan fingerprint density at radius 2 is 1.56 bits per heavy atom. The van der Waals surface area contributed by atoms with Gasteiger partial charge in [0.1, 0.15) is 24.0 Å². The SMILES string of the molecule is N=C1CCCN1c1ccc(C(=O)NCCOc2ccc3ccnc(N)c3c2)cc1.O=C(O)C(F)(F)F.O=C(O)C(F)(F)F. The number of hydrogen-bond acceptors (Lipinski definition) is 7. The van der Waals surface area contributed by atoms with Crippen LogP contribution in [0.2, 0.25) is 0 Å². The van der Waals surface area contributed by atoms with E-state index < -0.39 is 24.3 Å². The first-order valence-corrected chi connectivity index (χ1v) is 12.1. The minimum Gasteiger partial charge on any atom is -0.492 e. The van der Waals surface area contributed by atoms with Crippen molar-refractivity contribution in [2.24, 2.45) is 0 Å². The summed E-state index contributed by atoms with van der Waals surface area (Å²) < 4.78 is 69.2. The summed E-state index contributed by atoms with van der Waals surface area (Å²) in [5.41, 5.74) is 7.45. The molecule has 0 radical (unpaired) electrons. The average Bonchev–Trinajstić information content (AvgIpc) is 3.37. The molecule has 17 heteroatoms. The van der Waals surface area contributed by atoms with Crippen LogP contribution in [0.5, 0.6) is 5.75 Å². The van der Waals surface area contributed by atoms with Gasteiger partial charge in [-0.05, 0) is 54.3 Å². The normalized spacial score (nSPS) is 12.9. The van der Waals surface area contributed by atoms with Crippen LogP contribution in [-0.4, -0.2) is 70.9 Å². The van der Waals surface area contributed by atoms with E-state index in [0.717, 1.165) is 35.8 Å². The lowest BCUT2D eigenvalue weighted by molar-refractivity contribution is -0.193. The molecule has 3 aromatic rings. The van der Waals surface area contributed by atoms with E-state index in [2.05, 4.69) is 10.3 Å². The minimum atomic E-state index is -5.08. The molecule has 6 N–H and O–H groups in total. The topological polar surface area (TPSA) is 179 Å². The van der Waals surface area contributed by atoms with Crippen molar-refractivity contribution >= 4 is 46.0 Å². The first-order valence-electron chi connectivity index (χ1n) is 12.1. The monoisotopic (exact) mass is 617 g/mol. The summed E-state index contributed by atoms with van der Waals surface area (Å²) >= 11 is 0. The number of nitrogen functional groups attached to an aromatic ring is 1. The molecular weight excluding hydrogens is 592 g/mol. The number of carbonyl (C=O) groups is 3. The van der Waals surface area contributed by atoms with Crippen LogP contribution >= 0.6 is 0 Å². The van der Waals surface area contributed by atoms with Crippen molar-refractivity contribution in [2.45, 2.75) is 25.2 Å². The standard InChI is InChI=1S/C22H23N5O2.2C2HF3O2/c23-20-2-1-12-27(20)17-6-3-16(4-7-17)22(28)26-11-13-29-18-8-5-15-9-10-25-21(24)19(15)14-18;2*3-2(4,5)1(6)7/h3-10,14,23H,1-2,11-13H2,(H2,24,25)(H,26,28);2*(H,6,7). The van der Waals surface area contributed by atoms with Gasteiger partial charge < -0.3 is 30.9 Å². The highest BCUT2D eigenvalue weighted by Gasteiger charge is 2.38. The second kappa shape index (κ2) is 14.7. The van der Waals surface area contributed by atoms with Gasteiger partial charge in [-0.1, -0.05) is 6.07 Å². The first kappa shape index (κ1) is 34.1. The molecule has 0 saturated carbocycles. The number of rotatable bonds is 6. The number of pyridine rings is 1. The molecular formula is C26H25F6N5O6. The van der Waals surface area contributed by atoms with Crippen LogP contribution < -0.4 is 20.7 Å². The van der Waals surface area contributed by atoms with Crippen molar-refractivity contribution in [1.82, 2.24) is 10.3 Å². The number of aromatic nitrogens is 1. The number of amides is 1. The van der Waals surface area contributed by atoms with Crippen LogP contribution in [0.15, 0.2) is 54.7 Å². The van der Waals surface area contributed by atoms with E-state index in [4.69, 9.17) is 35.7 Å².